The van der Waals surface area contributed by atoms with Crippen molar-refractivity contribution in [3.8, 4) is 23.0 Å². The number of ketones is 1. The van der Waals surface area contributed by atoms with Crippen LogP contribution in [0.15, 0.2) is 41.3 Å². The first-order chi connectivity index (χ1) is 26.3. The second kappa shape index (κ2) is 17.8. The van der Waals surface area contributed by atoms with E-state index in [1.54, 1.807) is 39.8 Å². The monoisotopic (exact) mass is 782 g/mol. The maximum absolute atomic E-state index is 14.3. The molecule has 0 unspecified atom stereocenters. The van der Waals surface area contributed by atoms with Crippen LogP contribution in [0.1, 0.15) is 83.3 Å². The van der Waals surface area contributed by atoms with E-state index < -0.39 is 88.8 Å². The van der Waals surface area contributed by atoms with Gasteiger partial charge in [0.05, 0.1) is 53.0 Å². The summed E-state index contributed by atoms with van der Waals surface area (Å²) in [6.07, 6.45) is 5.13. The molecule has 0 spiro atoms. The lowest BCUT2D eigenvalue weighted by molar-refractivity contribution is -0.160. The summed E-state index contributed by atoms with van der Waals surface area (Å²) in [6, 6.07) is 0. The van der Waals surface area contributed by atoms with Crippen molar-refractivity contribution in [1.82, 2.24) is 0 Å². The van der Waals surface area contributed by atoms with Crippen LogP contribution in [0.2, 0.25) is 0 Å². The predicted octanol–water partition coefficient (Wildman–Crippen LogP) is 5.51. The number of aliphatic hydroxyl groups is 2. The Labute approximate surface area is 326 Å². The molecule has 6 N–H and O–H groups in total. The third-order valence-electron chi connectivity index (χ3n) is 10.6. The van der Waals surface area contributed by atoms with Gasteiger partial charge in [-0.15, -0.1) is 0 Å². The van der Waals surface area contributed by atoms with Gasteiger partial charge >= 0.3 is 11.8 Å². The van der Waals surface area contributed by atoms with Crippen LogP contribution in [0.4, 0.5) is 5.69 Å². The van der Waals surface area contributed by atoms with Crippen LogP contribution >= 0.6 is 0 Å². The van der Waals surface area contributed by atoms with Crippen molar-refractivity contribution in [3.05, 3.63) is 52.8 Å². The smallest absolute Gasteiger partial charge is 0.312 e. The van der Waals surface area contributed by atoms with Crippen LogP contribution in [0.3, 0.4) is 0 Å². The number of amides is 1. The number of esters is 1. The highest BCUT2D eigenvalue weighted by Gasteiger charge is 2.50. The SMILES string of the molecule is CCCO/N=C\c1c2c(O)c3c(O)c(C)c4c(c3c1O)C(=O)[C@@](C)(O/C=C/[C@H](OC)[C@@H](C)[C@@H](OC(C)=O)[C@H](C)[C@H](O)[C@H](C)[C@@H](O)[C@@H](C)/C=C/C=C(/C)C(=O)N2)O4. The summed E-state index contributed by atoms with van der Waals surface area (Å²) in [6.45, 7) is 14.5. The average molecular weight is 783 g/mol. The zero-order valence-corrected chi connectivity index (χ0v) is 33.4. The standard InChI is InChI=1S/C41H54N2O13/c1-11-16-54-42-18-26-31-36(49)29-28(35(26)48)30-38(24(7)34(29)47)56-41(9,39(30)50)53-17-15-27(52-10)21(4)37(55-25(8)44)23(6)33(46)22(5)32(45)19(2)13-12-14-20(3)40(51)43-31/h12-15,17-19,21-23,27,32-33,37,45-49H,11,16H2,1-10H3,(H,43,51)/b13-12+,17-15+,20-14-,42-18-/t19-,21+,22+,23+,27-,32-,33+,37+,41-/m0/s1. The molecule has 2 aromatic carbocycles. The molecule has 3 heterocycles. The van der Waals surface area contributed by atoms with E-state index in [-0.39, 0.29) is 51.1 Å². The number of benzene rings is 2. The number of hydrogen-bond donors (Lipinski definition) is 6. The lowest BCUT2D eigenvalue weighted by Crippen LogP contribution is -2.46. The van der Waals surface area contributed by atoms with E-state index in [0.29, 0.717) is 6.42 Å². The Balaban J connectivity index is 1.97. The number of allylic oxidation sites excluding steroid dienone is 2. The molecule has 15 nitrogen and oxygen atoms in total. The Hall–Kier alpha value is -5.12. The number of ether oxygens (including phenoxy) is 4. The van der Waals surface area contributed by atoms with Crippen LogP contribution in [0.25, 0.3) is 10.8 Å². The average Bonchev–Trinajstić information content (AvgIpc) is 3.42. The molecule has 0 saturated carbocycles. The summed E-state index contributed by atoms with van der Waals surface area (Å²) in [5, 5.41) is 63.6. The number of hydrogen-bond acceptors (Lipinski definition) is 14. The van der Waals surface area contributed by atoms with E-state index in [1.165, 1.54) is 53.2 Å². The van der Waals surface area contributed by atoms with Crippen molar-refractivity contribution in [2.75, 3.05) is 19.0 Å². The highest BCUT2D eigenvalue weighted by molar-refractivity contribution is 6.23. The van der Waals surface area contributed by atoms with Crippen LogP contribution in [-0.4, -0.2) is 93.3 Å². The molecule has 3 aliphatic rings. The number of nitrogens with zero attached hydrogens (tertiary/aromatic N) is 1. The normalized spacial score (nSPS) is 31.0. The lowest BCUT2D eigenvalue weighted by Gasteiger charge is -2.38. The molecule has 3 aliphatic heterocycles. The minimum Gasteiger partial charge on any atom is -0.507 e. The van der Waals surface area contributed by atoms with Crippen molar-refractivity contribution < 1.29 is 63.7 Å². The molecule has 0 aromatic heterocycles. The first kappa shape index (κ1) is 43.6. The molecule has 15 heteroatoms. The van der Waals surface area contributed by atoms with Crippen LogP contribution in [0, 0.1) is 30.6 Å². The van der Waals surface area contributed by atoms with Gasteiger partial charge in [-0.2, -0.15) is 0 Å². The molecule has 0 saturated heterocycles. The quantitative estimate of drug-likeness (QED) is 0.0532. The number of oxime groups is 1. The lowest BCUT2D eigenvalue weighted by atomic mass is 9.78. The molecular formula is C41H54N2O13. The second-order valence-electron chi connectivity index (χ2n) is 14.7. The number of aromatic hydroxyl groups is 3. The van der Waals surface area contributed by atoms with E-state index in [2.05, 4.69) is 10.5 Å². The Morgan fingerprint density at radius 3 is 2.29 bits per heavy atom. The predicted molar refractivity (Wildman–Crippen MR) is 208 cm³/mol. The molecule has 0 fully saturated rings. The number of Topliss-reactive ketones (excluding diaryl/α,β-unsaturated/α-hetero) is 1. The number of aliphatic hydroxyl groups excluding tert-OH is 2. The van der Waals surface area contributed by atoms with Crippen molar-refractivity contribution in [2.24, 2.45) is 28.8 Å². The maximum atomic E-state index is 14.3. The fourth-order valence-electron chi connectivity index (χ4n) is 7.11. The van der Waals surface area contributed by atoms with Crippen molar-refractivity contribution in [3.63, 3.8) is 0 Å². The van der Waals surface area contributed by atoms with Gasteiger partial charge < -0.3 is 54.6 Å². The maximum Gasteiger partial charge on any atom is 0.312 e. The third-order valence-corrected chi connectivity index (χ3v) is 10.6. The number of phenolic OH excluding ortho intramolecular Hbond substituents is 3. The Kier molecular flexibility index (Phi) is 13.8. The molecular weight excluding hydrogens is 728 g/mol. The van der Waals surface area contributed by atoms with Gasteiger partial charge in [0.1, 0.15) is 30.0 Å². The summed E-state index contributed by atoms with van der Waals surface area (Å²) in [4.78, 5) is 45.4. The van der Waals surface area contributed by atoms with Crippen molar-refractivity contribution in [2.45, 2.75) is 98.9 Å². The van der Waals surface area contributed by atoms with Crippen LogP contribution < -0.4 is 10.1 Å². The number of carbonyl (C=O) groups excluding carboxylic acids is 3. The first-order valence-electron chi connectivity index (χ1n) is 18.6. The molecule has 5 rings (SSSR count). The van der Waals surface area contributed by atoms with Crippen molar-refractivity contribution in [1.29, 1.82) is 0 Å². The van der Waals surface area contributed by atoms with E-state index in [1.807, 2.05) is 6.92 Å². The Morgan fingerprint density at radius 2 is 1.66 bits per heavy atom. The fourth-order valence-corrected chi connectivity index (χ4v) is 7.11. The van der Waals surface area contributed by atoms with Crippen LogP contribution in [-0.2, 0) is 28.6 Å². The molecule has 306 valence electrons. The number of nitrogens with one attached hydrogen (secondary N) is 1. The summed E-state index contributed by atoms with van der Waals surface area (Å²) in [5.41, 5.74) is -0.591. The summed E-state index contributed by atoms with van der Waals surface area (Å²) >= 11 is 0. The van der Waals surface area contributed by atoms with Gasteiger partial charge in [0, 0.05) is 61.2 Å². The fraction of sp³-hybridized carbons (Fsp3) is 0.512. The number of anilines is 1. The topological polar surface area (TPSA) is 223 Å². The summed E-state index contributed by atoms with van der Waals surface area (Å²) in [7, 11) is 1.43. The molecule has 9 atom stereocenters. The molecule has 2 aromatic rings. The number of methoxy groups -OCH3 is 1. The Bertz CT molecular complexity index is 1950. The molecule has 5 bridgehead atoms. The van der Waals surface area contributed by atoms with Gasteiger partial charge in [0.25, 0.3) is 11.7 Å². The first-order valence-corrected chi connectivity index (χ1v) is 18.6. The molecule has 56 heavy (non-hydrogen) atoms. The highest BCUT2D eigenvalue weighted by Crippen LogP contribution is 2.55. The summed E-state index contributed by atoms with van der Waals surface area (Å²) < 4.78 is 23.4. The van der Waals surface area contributed by atoms with Gasteiger partial charge in [-0.05, 0) is 26.3 Å². The zero-order chi connectivity index (χ0) is 41.8. The highest BCUT2D eigenvalue weighted by atomic mass is 16.7. The van der Waals surface area contributed by atoms with E-state index in [9.17, 15) is 39.9 Å². The molecule has 1 amide bonds. The number of rotatable bonds is 6. The number of carbonyl (C=O) groups is 3. The van der Waals surface area contributed by atoms with E-state index in [0.717, 1.165) is 6.21 Å². The van der Waals surface area contributed by atoms with Crippen molar-refractivity contribution >= 4 is 40.3 Å². The number of fused-ring (bicyclic) bond motifs is 14. The van der Waals surface area contributed by atoms with Gasteiger partial charge in [-0.25, -0.2) is 0 Å². The van der Waals surface area contributed by atoms with E-state index in [4.69, 9.17) is 23.8 Å². The zero-order valence-electron chi connectivity index (χ0n) is 33.4. The summed E-state index contributed by atoms with van der Waals surface area (Å²) in [5.74, 6) is -8.59. The van der Waals surface area contributed by atoms with Gasteiger partial charge in [0.2, 0.25) is 0 Å². The van der Waals surface area contributed by atoms with Crippen LogP contribution in [0.5, 0.6) is 23.0 Å². The third kappa shape index (κ3) is 8.49. The van der Waals surface area contributed by atoms with E-state index >= 15 is 0 Å². The second-order valence-corrected chi connectivity index (χ2v) is 14.7. The largest absolute Gasteiger partial charge is 0.507 e. The minimum absolute atomic E-state index is 0.0363. The molecule has 0 aliphatic carbocycles. The number of phenols is 3. The molecule has 0 radical (unpaired) electrons. The minimum atomic E-state index is -2.05. The van der Waals surface area contributed by atoms with Gasteiger partial charge in [-0.3, -0.25) is 14.4 Å². The Morgan fingerprint density at radius 1 is 0.982 bits per heavy atom. The van der Waals surface area contributed by atoms with Gasteiger partial charge in [-0.1, -0.05) is 58.0 Å². The van der Waals surface area contributed by atoms with Gasteiger partial charge in [0.15, 0.2) is 5.75 Å².